The van der Waals surface area contributed by atoms with Crippen molar-refractivity contribution >= 4 is 17.7 Å². The Hall–Kier alpha value is -0.780. The maximum absolute atomic E-state index is 12.4. The lowest BCUT2D eigenvalue weighted by molar-refractivity contribution is -0.124. The summed E-state index contributed by atoms with van der Waals surface area (Å²) in [5.74, 6) is 1.02. The minimum Gasteiger partial charge on any atom is -0.392 e. The highest BCUT2D eigenvalue weighted by Crippen LogP contribution is 2.52. The van der Waals surface area contributed by atoms with Crippen LogP contribution in [0.4, 0.5) is 0 Å². The van der Waals surface area contributed by atoms with Gasteiger partial charge in [0.2, 0.25) is 0 Å². The summed E-state index contributed by atoms with van der Waals surface area (Å²) in [5, 5.41) is 20.6. The third-order valence-corrected chi connectivity index (χ3v) is 6.74. The number of fused-ring (bicyclic) bond motifs is 1. The number of amides is 1. The number of thioether (sulfide) groups is 1. The van der Waals surface area contributed by atoms with E-state index in [2.05, 4.69) is 6.92 Å². The summed E-state index contributed by atoms with van der Waals surface area (Å²) in [6, 6.07) is 0. The van der Waals surface area contributed by atoms with E-state index in [0.717, 1.165) is 49.9 Å². The molecule has 2 rings (SSSR count). The van der Waals surface area contributed by atoms with E-state index in [1.807, 2.05) is 18.4 Å². The van der Waals surface area contributed by atoms with E-state index >= 15 is 0 Å². The molecule has 5 atom stereocenters. The van der Waals surface area contributed by atoms with Gasteiger partial charge in [-0.15, -0.1) is 11.8 Å². The van der Waals surface area contributed by atoms with Crippen molar-refractivity contribution in [2.24, 2.45) is 17.8 Å². The summed E-state index contributed by atoms with van der Waals surface area (Å²) in [4.78, 5) is 14.9. The third-order valence-electron chi connectivity index (χ3n) is 5.86. The van der Waals surface area contributed by atoms with Gasteiger partial charge in [0.1, 0.15) is 0 Å². The molecule has 0 aromatic rings. The minimum atomic E-state index is -0.415. The monoisotopic (exact) mass is 381 g/mol. The minimum absolute atomic E-state index is 0.0893. The Bertz CT molecular complexity index is 543. The van der Waals surface area contributed by atoms with Gasteiger partial charge < -0.3 is 15.1 Å². The number of allylic oxidation sites excluding steroid dienone is 1. The Kier molecular flexibility index (Phi) is 8.24. The molecule has 0 unspecified atom stereocenters. The first-order chi connectivity index (χ1) is 12.4. The van der Waals surface area contributed by atoms with Gasteiger partial charge in [-0.1, -0.05) is 43.9 Å². The molecule has 2 aliphatic rings. The zero-order valence-corrected chi connectivity index (χ0v) is 17.5. The van der Waals surface area contributed by atoms with Crippen LogP contribution in [-0.4, -0.2) is 53.6 Å². The van der Waals surface area contributed by atoms with E-state index in [0.29, 0.717) is 11.8 Å². The van der Waals surface area contributed by atoms with Crippen molar-refractivity contribution in [3.63, 3.8) is 0 Å². The Morgan fingerprint density at radius 3 is 2.69 bits per heavy atom. The first-order valence-corrected chi connectivity index (χ1v) is 11.1. The van der Waals surface area contributed by atoms with Crippen molar-refractivity contribution in [1.29, 1.82) is 0 Å². The number of carbonyl (C=O) groups is 1. The predicted octanol–water partition coefficient (Wildman–Crippen LogP) is 3.60. The summed E-state index contributed by atoms with van der Waals surface area (Å²) < 4.78 is 0. The highest BCUT2D eigenvalue weighted by atomic mass is 32.2. The fourth-order valence-corrected chi connectivity index (χ4v) is 5.27. The number of carbonyl (C=O) groups excluding carboxylic acids is 1. The van der Waals surface area contributed by atoms with E-state index in [4.69, 9.17) is 0 Å². The zero-order chi connectivity index (χ0) is 19.3. The fourth-order valence-electron chi connectivity index (χ4n) is 4.46. The van der Waals surface area contributed by atoms with Crippen LogP contribution in [0.25, 0.3) is 0 Å². The molecule has 5 heteroatoms. The lowest BCUT2D eigenvalue weighted by atomic mass is 9.90. The van der Waals surface area contributed by atoms with Crippen LogP contribution in [0.15, 0.2) is 22.6 Å². The highest BCUT2D eigenvalue weighted by Gasteiger charge is 2.46. The number of likely N-dealkylation sites (N-methyl/N-ethyl adjacent to an activating group) is 1. The molecule has 2 saturated carbocycles. The van der Waals surface area contributed by atoms with Gasteiger partial charge in [0.15, 0.2) is 0 Å². The van der Waals surface area contributed by atoms with E-state index < -0.39 is 6.10 Å². The van der Waals surface area contributed by atoms with Crippen molar-refractivity contribution in [3.8, 4) is 0 Å². The van der Waals surface area contributed by atoms with Crippen molar-refractivity contribution in [3.05, 3.63) is 22.6 Å². The molecule has 2 fully saturated rings. The van der Waals surface area contributed by atoms with Crippen molar-refractivity contribution in [1.82, 2.24) is 4.90 Å². The quantitative estimate of drug-likeness (QED) is 0.383. The predicted molar refractivity (Wildman–Crippen MR) is 109 cm³/mol. The van der Waals surface area contributed by atoms with Crippen LogP contribution < -0.4 is 0 Å². The molecule has 0 heterocycles. The van der Waals surface area contributed by atoms with Gasteiger partial charge in [-0.3, -0.25) is 4.79 Å². The van der Waals surface area contributed by atoms with Gasteiger partial charge in [-0.2, -0.15) is 0 Å². The molecular weight excluding hydrogens is 346 g/mol. The van der Waals surface area contributed by atoms with Crippen molar-refractivity contribution < 1.29 is 15.0 Å². The number of aliphatic hydroxyl groups excluding tert-OH is 2. The average Bonchev–Trinajstić information content (AvgIpc) is 3.11. The van der Waals surface area contributed by atoms with Gasteiger partial charge in [0, 0.05) is 20.0 Å². The van der Waals surface area contributed by atoms with E-state index in [-0.39, 0.29) is 17.9 Å². The topological polar surface area (TPSA) is 60.8 Å². The van der Waals surface area contributed by atoms with Gasteiger partial charge in [-0.05, 0) is 43.8 Å². The van der Waals surface area contributed by atoms with Crippen LogP contribution in [0, 0.1) is 17.8 Å². The second kappa shape index (κ2) is 9.95. The van der Waals surface area contributed by atoms with Crippen molar-refractivity contribution in [2.45, 2.75) is 64.1 Å². The van der Waals surface area contributed by atoms with Crippen LogP contribution >= 0.6 is 11.8 Å². The van der Waals surface area contributed by atoms with Gasteiger partial charge in [-0.25, -0.2) is 0 Å². The lowest BCUT2D eigenvalue weighted by Crippen LogP contribution is -2.23. The molecule has 0 spiro atoms. The van der Waals surface area contributed by atoms with Gasteiger partial charge >= 0.3 is 0 Å². The molecule has 0 aromatic heterocycles. The van der Waals surface area contributed by atoms with Crippen LogP contribution in [0.2, 0.25) is 0 Å². The molecule has 26 heavy (non-hydrogen) atoms. The highest BCUT2D eigenvalue weighted by molar-refractivity contribution is 8.03. The maximum atomic E-state index is 12.4. The number of nitrogens with zero attached hydrogens (tertiary/aromatic N) is 1. The Morgan fingerprint density at radius 2 is 2.08 bits per heavy atom. The molecule has 0 radical (unpaired) electrons. The maximum Gasteiger partial charge on any atom is 0.259 e. The summed E-state index contributed by atoms with van der Waals surface area (Å²) >= 11 is 1.54. The van der Waals surface area contributed by atoms with Crippen LogP contribution in [0.5, 0.6) is 0 Å². The van der Waals surface area contributed by atoms with E-state index in [9.17, 15) is 15.0 Å². The fraction of sp³-hybridized carbons (Fsp3) is 0.762. The molecule has 0 aromatic carbocycles. The SMILES string of the molecule is CCCCC[C@H](O)/C=C/[C@@H]1[C@H]2C/C(=C(/SC)C(=O)N(C)C)C[C@H]2C[C@H]1O. The Labute approximate surface area is 162 Å². The van der Waals surface area contributed by atoms with Crippen LogP contribution in [-0.2, 0) is 4.79 Å². The van der Waals surface area contributed by atoms with Crippen molar-refractivity contribution in [2.75, 3.05) is 20.4 Å². The first kappa shape index (κ1) is 21.5. The first-order valence-electron chi connectivity index (χ1n) is 9.91. The lowest BCUT2D eigenvalue weighted by Gasteiger charge is -2.19. The Morgan fingerprint density at radius 1 is 1.35 bits per heavy atom. The summed E-state index contributed by atoms with van der Waals surface area (Å²) in [7, 11) is 3.59. The van der Waals surface area contributed by atoms with Gasteiger partial charge in [0.05, 0.1) is 17.1 Å². The molecular formula is C21H35NO3S. The second-order valence-electron chi connectivity index (χ2n) is 8.00. The van der Waals surface area contributed by atoms with E-state index in [1.165, 1.54) is 5.57 Å². The third kappa shape index (κ3) is 5.14. The largest absolute Gasteiger partial charge is 0.392 e. The molecule has 2 aliphatic carbocycles. The summed E-state index contributed by atoms with van der Waals surface area (Å²) in [6.07, 6.45) is 11.9. The van der Waals surface area contributed by atoms with E-state index in [1.54, 1.807) is 30.8 Å². The van der Waals surface area contributed by atoms with Gasteiger partial charge in [0.25, 0.3) is 5.91 Å². The molecule has 2 N–H and O–H groups in total. The summed E-state index contributed by atoms with van der Waals surface area (Å²) in [6.45, 7) is 2.16. The molecule has 1 amide bonds. The molecule has 0 aliphatic heterocycles. The molecule has 0 saturated heterocycles. The number of rotatable bonds is 8. The second-order valence-corrected chi connectivity index (χ2v) is 8.81. The average molecular weight is 382 g/mol. The molecule has 4 nitrogen and oxygen atoms in total. The number of aliphatic hydroxyl groups is 2. The zero-order valence-electron chi connectivity index (χ0n) is 16.6. The smallest absolute Gasteiger partial charge is 0.259 e. The molecule has 148 valence electrons. The standard InChI is InChI=1S/C21H35NO3S/c1-5-6-7-8-16(23)9-10-17-18-12-15(11-14(18)13-19(17)24)20(26-4)21(25)22(2)3/h9-10,14,16-19,23-24H,5-8,11-13H2,1-4H3/b10-9+,20-15+/t14-,16-,17+,18-,19+/m0/s1. The van der Waals surface area contributed by atoms with Crippen LogP contribution in [0.1, 0.15) is 51.9 Å². The summed E-state index contributed by atoms with van der Waals surface area (Å²) in [5.41, 5.74) is 1.25. The van der Waals surface area contributed by atoms with Crippen LogP contribution in [0.3, 0.4) is 0 Å². The number of hydrogen-bond donors (Lipinski definition) is 2. The number of hydrogen-bond acceptors (Lipinski definition) is 4. The Balaban J connectivity index is 2.05. The number of unbranched alkanes of at least 4 members (excludes halogenated alkanes) is 2. The normalized spacial score (nSPS) is 31.3. The molecule has 0 bridgehead atoms.